The van der Waals surface area contributed by atoms with Crippen LogP contribution < -0.4 is 10.6 Å². The Morgan fingerprint density at radius 3 is 2.21 bits per heavy atom. The SMILES string of the molecule is CN=C(NCC(Cc1ccccc1)c1ccccc1)NCC1(CS(C)(=O)=O)CC1. The van der Waals surface area contributed by atoms with E-state index < -0.39 is 9.84 Å². The van der Waals surface area contributed by atoms with Gasteiger partial charge in [-0.25, -0.2) is 8.42 Å². The van der Waals surface area contributed by atoms with Crippen LogP contribution in [0.1, 0.15) is 29.9 Å². The van der Waals surface area contributed by atoms with E-state index in [1.165, 1.54) is 17.4 Å². The molecule has 1 aliphatic rings. The molecule has 1 fully saturated rings. The van der Waals surface area contributed by atoms with E-state index in [-0.39, 0.29) is 11.2 Å². The van der Waals surface area contributed by atoms with Crippen molar-refractivity contribution in [2.24, 2.45) is 10.4 Å². The number of hydrogen-bond acceptors (Lipinski definition) is 3. The van der Waals surface area contributed by atoms with Gasteiger partial charge in [-0.15, -0.1) is 0 Å². The minimum absolute atomic E-state index is 0.131. The lowest BCUT2D eigenvalue weighted by molar-refractivity contribution is 0.527. The number of guanidine groups is 1. The number of sulfone groups is 1. The van der Waals surface area contributed by atoms with Crippen molar-refractivity contribution in [3.8, 4) is 0 Å². The lowest BCUT2D eigenvalue weighted by atomic mass is 9.92. The summed E-state index contributed by atoms with van der Waals surface area (Å²) < 4.78 is 23.3. The van der Waals surface area contributed by atoms with Gasteiger partial charge in [0, 0.05) is 37.7 Å². The van der Waals surface area contributed by atoms with Crippen molar-refractivity contribution in [3.63, 3.8) is 0 Å². The molecular weight excluding hydrogens is 382 g/mol. The summed E-state index contributed by atoms with van der Waals surface area (Å²) in [5.41, 5.74) is 2.46. The highest BCUT2D eigenvalue weighted by atomic mass is 32.2. The Morgan fingerprint density at radius 1 is 1.03 bits per heavy atom. The maximum absolute atomic E-state index is 11.7. The van der Waals surface area contributed by atoms with Crippen LogP contribution in [0.15, 0.2) is 65.7 Å². The molecule has 156 valence electrons. The molecule has 1 aliphatic carbocycles. The molecule has 1 unspecified atom stereocenters. The molecule has 0 bridgehead atoms. The average Bonchev–Trinajstić information content (AvgIpc) is 3.46. The molecule has 2 aromatic carbocycles. The number of rotatable bonds is 9. The average molecular weight is 414 g/mol. The van der Waals surface area contributed by atoms with Crippen LogP contribution in [-0.4, -0.2) is 46.5 Å². The van der Waals surface area contributed by atoms with Crippen LogP contribution in [0, 0.1) is 5.41 Å². The van der Waals surface area contributed by atoms with Crippen molar-refractivity contribution in [2.45, 2.75) is 25.2 Å². The normalized spacial score (nSPS) is 16.8. The van der Waals surface area contributed by atoms with Crippen LogP contribution in [0.4, 0.5) is 0 Å². The van der Waals surface area contributed by atoms with Crippen LogP contribution in [0.2, 0.25) is 0 Å². The van der Waals surface area contributed by atoms with Crippen LogP contribution in [-0.2, 0) is 16.3 Å². The monoisotopic (exact) mass is 413 g/mol. The second kappa shape index (κ2) is 9.44. The van der Waals surface area contributed by atoms with E-state index in [2.05, 4.69) is 64.2 Å². The fourth-order valence-electron chi connectivity index (χ4n) is 3.75. The van der Waals surface area contributed by atoms with Crippen molar-refractivity contribution in [1.29, 1.82) is 0 Å². The highest BCUT2D eigenvalue weighted by Gasteiger charge is 2.45. The van der Waals surface area contributed by atoms with Gasteiger partial charge in [0.25, 0.3) is 0 Å². The number of nitrogens with one attached hydrogen (secondary N) is 2. The van der Waals surface area contributed by atoms with E-state index in [4.69, 9.17) is 0 Å². The van der Waals surface area contributed by atoms with Crippen molar-refractivity contribution < 1.29 is 8.42 Å². The van der Waals surface area contributed by atoms with E-state index in [1.54, 1.807) is 7.05 Å². The summed E-state index contributed by atoms with van der Waals surface area (Å²) in [5.74, 6) is 1.27. The van der Waals surface area contributed by atoms with E-state index >= 15 is 0 Å². The fourth-order valence-corrected chi connectivity index (χ4v) is 5.25. The van der Waals surface area contributed by atoms with Crippen molar-refractivity contribution in [3.05, 3.63) is 71.8 Å². The summed E-state index contributed by atoms with van der Waals surface area (Å²) in [6.07, 6.45) is 4.15. The maximum Gasteiger partial charge on any atom is 0.191 e. The molecule has 2 aromatic rings. The van der Waals surface area contributed by atoms with Crippen LogP contribution in [0.5, 0.6) is 0 Å². The van der Waals surface area contributed by atoms with E-state index in [1.807, 2.05) is 12.1 Å². The smallest absolute Gasteiger partial charge is 0.191 e. The van der Waals surface area contributed by atoms with E-state index in [9.17, 15) is 8.42 Å². The molecule has 0 heterocycles. The van der Waals surface area contributed by atoms with Crippen LogP contribution in [0.3, 0.4) is 0 Å². The second-order valence-electron chi connectivity index (χ2n) is 8.17. The Kier molecular flexibility index (Phi) is 6.96. The van der Waals surface area contributed by atoms with Gasteiger partial charge in [-0.2, -0.15) is 0 Å². The number of benzene rings is 2. The van der Waals surface area contributed by atoms with Crippen molar-refractivity contribution in [1.82, 2.24) is 10.6 Å². The Balaban J connectivity index is 1.60. The van der Waals surface area contributed by atoms with Gasteiger partial charge >= 0.3 is 0 Å². The largest absolute Gasteiger partial charge is 0.356 e. The first-order valence-electron chi connectivity index (χ1n) is 10.1. The van der Waals surface area contributed by atoms with Crippen LogP contribution in [0.25, 0.3) is 0 Å². The molecule has 0 amide bonds. The Hall–Kier alpha value is -2.34. The highest BCUT2D eigenvalue weighted by molar-refractivity contribution is 7.90. The van der Waals surface area contributed by atoms with E-state index in [0.717, 1.165) is 31.8 Å². The molecule has 1 saturated carbocycles. The first-order chi connectivity index (χ1) is 13.9. The zero-order valence-corrected chi connectivity index (χ0v) is 18.1. The molecule has 0 saturated heterocycles. The standard InChI is InChI=1S/C23H31N3O2S/c1-24-22(26-17-23(13-14-23)18-29(2,27)28)25-16-21(20-11-7-4-8-12-20)15-19-9-5-3-6-10-19/h3-12,21H,13-18H2,1-2H3,(H2,24,25,26). The number of aliphatic imine (C=N–C) groups is 1. The quantitative estimate of drug-likeness (QED) is 0.490. The Bertz CT molecular complexity index is 908. The molecule has 3 rings (SSSR count). The molecule has 0 radical (unpaired) electrons. The van der Waals surface area contributed by atoms with Crippen LogP contribution >= 0.6 is 0 Å². The zero-order valence-electron chi connectivity index (χ0n) is 17.3. The third-order valence-electron chi connectivity index (χ3n) is 5.49. The maximum atomic E-state index is 11.7. The summed E-state index contributed by atoms with van der Waals surface area (Å²) in [6, 6.07) is 21.0. The summed E-state index contributed by atoms with van der Waals surface area (Å²) in [7, 11) is -1.22. The third kappa shape index (κ3) is 6.89. The van der Waals surface area contributed by atoms with Gasteiger partial charge in [-0.1, -0.05) is 60.7 Å². The third-order valence-corrected chi connectivity index (χ3v) is 6.63. The molecular formula is C23H31N3O2S. The molecule has 0 spiro atoms. The Labute approximate surface area is 174 Å². The van der Waals surface area contributed by atoms with Crippen molar-refractivity contribution in [2.75, 3.05) is 32.1 Å². The molecule has 0 aliphatic heterocycles. The van der Waals surface area contributed by atoms with Gasteiger partial charge in [0.2, 0.25) is 0 Å². The molecule has 6 heteroatoms. The second-order valence-corrected chi connectivity index (χ2v) is 10.3. The lowest BCUT2D eigenvalue weighted by Crippen LogP contribution is -2.43. The van der Waals surface area contributed by atoms with Gasteiger partial charge in [0.05, 0.1) is 5.75 Å². The molecule has 2 N–H and O–H groups in total. The molecule has 1 atom stereocenters. The zero-order chi connectivity index (χ0) is 20.7. The van der Waals surface area contributed by atoms with Gasteiger partial charge in [0.15, 0.2) is 5.96 Å². The molecule has 29 heavy (non-hydrogen) atoms. The van der Waals surface area contributed by atoms with Gasteiger partial charge in [-0.05, 0) is 30.4 Å². The van der Waals surface area contributed by atoms with E-state index in [0.29, 0.717) is 12.5 Å². The summed E-state index contributed by atoms with van der Waals surface area (Å²) in [4.78, 5) is 4.33. The Morgan fingerprint density at radius 2 is 1.66 bits per heavy atom. The summed E-state index contributed by atoms with van der Waals surface area (Å²) >= 11 is 0. The topological polar surface area (TPSA) is 70.6 Å². The number of nitrogens with zero attached hydrogens (tertiary/aromatic N) is 1. The minimum atomic E-state index is -2.97. The molecule has 5 nitrogen and oxygen atoms in total. The molecule has 0 aromatic heterocycles. The van der Waals surface area contributed by atoms with Gasteiger partial charge < -0.3 is 10.6 Å². The summed E-state index contributed by atoms with van der Waals surface area (Å²) in [5, 5.41) is 6.78. The number of hydrogen-bond donors (Lipinski definition) is 2. The minimum Gasteiger partial charge on any atom is -0.356 e. The first kappa shape index (κ1) is 21.4. The lowest BCUT2D eigenvalue weighted by Gasteiger charge is -2.22. The fraction of sp³-hybridized carbons (Fsp3) is 0.435. The first-order valence-corrected chi connectivity index (χ1v) is 12.2. The van der Waals surface area contributed by atoms with Gasteiger partial charge in [-0.3, -0.25) is 4.99 Å². The van der Waals surface area contributed by atoms with Crippen molar-refractivity contribution >= 4 is 15.8 Å². The van der Waals surface area contributed by atoms with Gasteiger partial charge in [0.1, 0.15) is 9.84 Å². The highest BCUT2D eigenvalue weighted by Crippen LogP contribution is 2.46. The predicted molar refractivity (Wildman–Crippen MR) is 120 cm³/mol. The summed E-state index contributed by atoms with van der Waals surface area (Å²) in [6.45, 7) is 1.38. The predicted octanol–water partition coefficient (Wildman–Crippen LogP) is 3.00.